The first kappa shape index (κ1) is 15.9. The lowest BCUT2D eigenvalue weighted by atomic mass is 9.99. The minimum atomic E-state index is -0.919. The van der Waals surface area contributed by atoms with Crippen LogP contribution in [-0.2, 0) is 11.8 Å². The van der Waals surface area contributed by atoms with Crippen LogP contribution in [0.2, 0.25) is 0 Å². The molecular weight excluding hydrogens is 328 g/mol. The Balaban J connectivity index is 1.56. The lowest BCUT2D eigenvalue weighted by Crippen LogP contribution is -2.20. The first-order chi connectivity index (χ1) is 12.1. The van der Waals surface area contributed by atoms with Crippen LogP contribution in [0.25, 0.3) is 10.9 Å². The van der Waals surface area contributed by atoms with Crippen LogP contribution in [0.3, 0.4) is 0 Å². The van der Waals surface area contributed by atoms with Crippen molar-refractivity contribution in [3.05, 3.63) is 48.1 Å². The fraction of sp³-hybridized carbons (Fsp3) is 0.353. The number of hydrogen-bond acceptors (Lipinski definition) is 5. The zero-order chi connectivity index (χ0) is 17.4. The molecule has 1 N–H and O–H groups in total. The van der Waals surface area contributed by atoms with Crippen LogP contribution in [0.5, 0.6) is 0 Å². The molecule has 1 fully saturated rings. The van der Waals surface area contributed by atoms with Crippen molar-refractivity contribution >= 4 is 16.7 Å². The fourth-order valence-electron chi connectivity index (χ4n) is 3.25. The number of benzene rings is 1. The molecule has 1 aliphatic rings. The molecule has 1 saturated heterocycles. The Hall–Kier alpha value is -2.61. The molecule has 0 bridgehead atoms. The van der Waals surface area contributed by atoms with E-state index in [4.69, 9.17) is 4.74 Å². The van der Waals surface area contributed by atoms with Crippen molar-refractivity contribution in [3.8, 4) is 0 Å². The number of hydrogen-bond donors (Lipinski definition) is 1. The standard InChI is InChI=1S/C17H17F2N5O/c1-24-15(2-4-23-24)16-10(3-5-25-16)8-20-17-11-6-12(18)13(19)7-14(11)21-9-22-17/h2,4,6-7,9-10,16H,3,5,8H2,1H3,(H,20,21,22)/t10-,16+/m0/s1. The van der Waals surface area contributed by atoms with E-state index in [0.29, 0.717) is 29.9 Å². The Labute approximate surface area is 142 Å². The quantitative estimate of drug-likeness (QED) is 0.788. The summed E-state index contributed by atoms with van der Waals surface area (Å²) in [6.07, 6.45) is 3.93. The molecule has 0 radical (unpaired) electrons. The average Bonchev–Trinajstić information content (AvgIpc) is 3.22. The first-order valence-corrected chi connectivity index (χ1v) is 8.06. The summed E-state index contributed by atoms with van der Waals surface area (Å²) in [6, 6.07) is 4.15. The fourth-order valence-corrected chi connectivity index (χ4v) is 3.25. The minimum absolute atomic E-state index is 0.0534. The Morgan fingerprint density at radius 3 is 2.92 bits per heavy atom. The summed E-state index contributed by atoms with van der Waals surface area (Å²) in [4.78, 5) is 8.17. The Bertz CT molecular complexity index is 913. The Morgan fingerprint density at radius 1 is 1.28 bits per heavy atom. The van der Waals surface area contributed by atoms with Gasteiger partial charge in [-0.3, -0.25) is 4.68 Å². The molecule has 0 saturated carbocycles. The van der Waals surface area contributed by atoms with Gasteiger partial charge in [-0.05, 0) is 18.6 Å². The predicted molar refractivity (Wildman–Crippen MR) is 88.0 cm³/mol. The van der Waals surface area contributed by atoms with Crippen molar-refractivity contribution in [2.45, 2.75) is 12.5 Å². The Morgan fingerprint density at radius 2 is 2.12 bits per heavy atom. The maximum Gasteiger partial charge on any atom is 0.161 e. The molecule has 0 spiro atoms. The van der Waals surface area contributed by atoms with Gasteiger partial charge in [-0.2, -0.15) is 5.10 Å². The molecule has 2 aromatic heterocycles. The third-order valence-corrected chi connectivity index (χ3v) is 4.57. The molecule has 4 rings (SSSR count). The summed E-state index contributed by atoms with van der Waals surface area (Å²) in [6.45, 7) is 1.27. The average molecular weight is 345 g/mol. The number of ether oxygens (including phenoxy) is 1. The van der Waals surface area contributed by atoms with Crippen molar-refractivity contribution in [2.75, 3.05) is 18.5 Å². The van der Waals surface area contributed by atoms with Gasteiger partial charge in [0.1, 0.15) is 18.2 Å². The molecule has 2 atom stereocenters. The van der Waals surface area contributed by atoms with Gasteiger partial charge in [-0.25, -0.2) is 18.7 Å². The molecule has 1 aromatic carbocycles. The van der Waals surface area contributed by atoms with E-state index in [1.807, 2.05) is 13.1 Å². The van der Waals surface area contributed by atoms with Gasteiger partial charge < -0.3 is 10.1 Å². The summed E-state index contributed by atoms with van der Waals surface area (Å²) in [5.41, 5.74) is 1.38. The maximum absolute atomic E-state index is 13.6. The van der Waals surface area contributed by atoms with Gasteiger partial charge >= 0.3 is 0 Å². The zero-order valence-electron chi connectivity index (χ0n) is 13.6. The number of fused-ring (bicyclic) bond motifs is 1. The van der Waals surface area contributed by atoms with Gasteiger partial charge in [0.15, 0.2) is 11.6 Å². The van der Waals surface area contributed by atoms with E-state index in [1.54, 1.807) is 10.9 Å². The van der Waals surface area contributed by atoms with Crippen molar-refractivity contribution < 1.29 is 13.5 Å². The summed E-state index contributed by atoms with van der Waals surface area (Å²) < 4.78 is 34.6. The van der Waals surface area contributed by atoms with E-state index in [1.165, 1.54) is 6.33 Å². The number of aryl methyl sites for hydroxylation is 1. The van der Waals surface area contributed by atoms with Gasteiger partial charge in [-0.1, -0.05) is 0 Å². The van der Waals surface area contributed by atoms with Gasteiger partial charge in [0.05, 0.1) is 11.2 Å². The summed E-state index contributed by atoms with van der Waals surface area (Å²) in [5.74, 6) is -1.12. The van der Waals surface area contributed by atoms with Crippen LogP contribution >= 0.6 is 0 Å². The third kappa shape index (κ3) is 2.93. The maximum atomic E-state index is 13.6. The number of nitrogens with one attached hydrogen (secondary N) is 1. The summed E-state index contributed by atoms with van der Waals surface area (Å²) >= 11 is 0. The lowest BCUT2D eigenvalue weighted by Gasteiger charge is -2.19. The zero-order valence-corrected chi connectivity index (χ0v) is 13.6. The smallest absolute Gasteiger partial charge is 0.161 e. The van der Waals surface area contributed by atoms with Crippen LogP contribution in [0.4, 0.5) is 14.6 Å². The highest BCUT2D eigenvalue weighted by Gasteiger charge is 2.31. The Kier molecular flexibility index (Phi) is 4.04. The molecule has 130 valence electrons. The molecule has 3 aromatic rings. The van der Waals surface area contributed by atoms with Crippen molar-refractivity contribution in [3.63, 3.8) is 0 Å². The summed E-state index contributed by atoms with van der Waals surface area (Å²) in [7, 11) is 1.89. The molecule has 0 aliphatic carbocycles. The van der Waals surface area contributed by atoms with Gasteiger partial charge in [0.25, 0.3) is 0 Å². The molecule has 0 unspecified atom stereocenters. The van der Waals surface area contributed by atoms with E-state index in [2.05, 4.69) is 20.4 Å². The number of halogens is 2. The SMILES string of the molecule is Cn1nccc1[C@@H]1OCC[C@H]1CNc1ncnc2cc(F)c(F)cc12. The van der Waals surface area contributed by atoms with Gasteiger partial charge in [0, 0.05) is 43.8 Å². The monoisotopic (exact) mass is 345 g/mol. The lowest BCUT2D eigenvalue weighted by molar-refractivity contribution is 0.0866. The van der Waals surface area contributed by atoms with Gasteiger partial charge in [0.2, 0.25) is 0 Å². The van der Waals surface area contributed by atoms with Crippen LogP contribution in [-0.4, -0.2) is 32.9 Å². The minimum Gasteiger partial charge on any atom is -0.372 e. The van der Waals surface area contributed by atoms with E-state index in [-0.39, 0.29) is 12.0 Å². The first-order valence-electron chi connectivity index (χ1n) is 8.06. The number of nitrogens with zero attached hydrogens (tertiary/aromatic N) is 4. The normalized spacial score (nSPS) is 20.3. The highest BCUT2D eigenvalue weighted by Crippen LogP contribution is 2.34. The third-order valence-electron chi connectivity index (χ3n) is 4.57. The van der Waals surface area contributed by atoms with E-state index < -0.39 is 11.6 Å². The van der Waals surface area contributed by atoms with Crippen molar-refractivity contribution in [1.82, 2.24) is 19.7 Å². The molecule has 0 amide bonds. The van der Waals surface area contributed by atoms with E-state index in [9.17, 15) is 8.78 Å². The predicted octanol–water partition coefficient (Wildman–Crippen LogP) is 2.83. The van der Waals surface area contributed by atoms with Crippen molar-refractivity contribution in [1.29, 1.82) is 0 Å². The van der Waals surface area contributed by atoms with Gasteiger partial charge in [-0.15, -0.1) is 0 Å². The second-order valence-electron chi connectivity index (χ2n) is 6.11. The molecule has 8 heteroatoms. The summed E-state index contributed by atoms with van der Waals surface area (Å²) in [5, 5.41) is 7.88. The van der Waals surface area contributed by atoms with Crippen LogP contribution in [0.1, 0.15) is 18.2 Å². The number of anilines is 1. The number of aromatic nitrogens is 4. The second-order valence-corrected chi connectivity index (χ2v) is 6.11. The van der Waals surface area contributed by atoms with E-state index >= 15 is 0 Å². The highest BCUT2D eigenvalue weighted by molar-refractivity contribution is 5.88. The molecule has 6 nitrogen and oxygen atoms in total. The van der Waals surface area contributed by atoms with Crippen LogP contribution < -0.4 is 5.32 Å². The molecule has 25 heavy (non-hydrogen) atoms. The van der Waals surface area contributed by atoms with Crippen LogP contribution in [0.15, 0.2) is 30.7 Å². The van der Waals surface area contributed by atoms with Crippen molar-refractivity contribution in [2.24, 2.45) is 13.0 Å². The second kappa shape index (κ2) is 6.36. The topological polar surface area (TPSA) is 64.9 Å². The number of rotatable bonds is 4. The molecule has 1 aliphatic heterocycles. The largest absolute Gasteiger partial charge is 0.372 e. The van der Waals surface area contributed by atoms with E-state index in [0.717, 1.165) is 24.2 Å². The van der Waals surface area contributed by atoms with Crippen LogP contribution in [0, 0.1) is 17.6 Å². The molecular formula is C17H17F2N5O. The highest BCUT2D eigenvalue weighted by atomic mass is 19.2. The molecule has 3 heterocycles.